The van der Waals surface area contributed by atoms with Gasteiger partial charge in [-0.3, -0.25) is 9.59 Å². The lowest BCUT2D eigenvalue weighted by Crippen LogP contribution is -2.45. The quantitative estimate of drug-likeness (QED) is 0.432. The molecule has 1 N–H and O–H groups in total. The first-order chi connectivity index (χ1) is 18.5. The van der Waals surface area contributed by atoms with Gasteiger partial charge in [0.15, 0.2) is 9.84 Å². The average molecular weight is 609 g/mol. The molecule has 2 aromatic carbocycles. The number of amides is 2. The zero-order chi connectivity index (χ0) is 27.8. The molecule has 3 fully saturated rings. The van der Waals surface area contributed by atoms with Crippen LogP contribution in [-0.2, 0) is 26.0 Å². The number of nitrogens with one attached hydrogen (secondary N) is 1. The largest absolute Gasteiger partial charge is 0.349 e. The third kappa shape index (κ3) is 6.84. The van der Waals surface area contributed by atoms with Gasteiger partial charge in [0.2, 0.25) is 11.8 Å². The zero-order valence-electron chi connectivity index (χ0n) is 23.2. The second kappa shape index (κ2) is 12.0. The van der Waals surface area contributed by atoms with Crippen molar-refractivity contribution in [3.05, 3.63) is 64.7 Å². The van der Waals surface area contributed by atoms with Gasteiger partial charge in [-0.1, -0.05) is 42.8 Å². The second-order valence-corrected chi connectivity index (χ2v) is 14.4. The van der Waals surface area contributed by atoms with Gasteiger partial charge >= 0.3 is 0 Å². The fourth-order valence-corrected chi connectivity index (χ4v) is 6.61. The Morgan fingerprint density at radius 3 is 2.15 bits per heavy atom. The zero-order valence-corrected chi connectivity index (χ0v) is 25.6. The first-order valence-electron chi connectivity index (χ1n) is 13.8. The van der Waals surface area contributed by atoms with Crippen molar-refractivity contribution in [2.24, 2.45) is 10.8 Å². The topological polar surface area (TPSA) is 86.8 Å². The highest BCUT2D eigenvalue weighted by molar-refractivity contribution is 7.90. The molecule has 1 spiro atoms. The SMILES string of the molecule is CC1(C(=O)NC(CCN2CCC3(CC2)CCN(Cc2ccc(S(C)(=O)=O)cc2)C3=O)c2ccc(Cl)cc2)CC1.Cl. The Morgan fingerprint density at radius 1 is 0.975 bits per heavy atom. The molecule has 7 nitrogen and oxygen atoms in total. The van der Waals surface area contributed by atoms with E-state index in [1.54, 1.807) is 24.3 Å². The van der Waals surface area contributed by atoms with Gasteiger partial charge in [-0.05, 0) is 87.0 Å². The molecule has 1 atom stereocenters. The van der Waals surface area contributed by atoms with Crippen LogP contribution in [0.1, 0.15) is 62.6 Å². The lowest BCUT2D eigenvalue weighted by atomic mass is 9.77. The summed E-state index contributed by atoms with van der Waals surface area (Å²) in [6.45, 7) is 5.85. The molecule has 2 heterocycles. The summed E-state index contributed by atoms with van der Waals surface area (Å²) in [6.07, 6.45) is 6.43. The summed E-state index contributed by atoms with van der Waals surface area (Å²) in [5.74, 6) is 0.348. The summed E-state index contributed by atoms with van der Waals surface area (Å²) in [5, 5.41) is 3.97. The molecule has 0 aromatic heterocycles. The maximum absolute atomic E-state index is 13.5. The van der Waals surface area contributed by atoms with Crippen molar-refractivity contribution in [2.75, 3.05) is 32.4 Å². The molecule has 218 valence electrons. The van der Waals surface area contributed by atoms with Crippen LogP contribution in [0.25, 0.3) is 0 Å². The first-order valence-corrected chi connectivity index (χ1v) is 16.1. The summed E-state index contributed by atoms with van der Waals surface area (Å²) in [6, 6.07) is 14.5. The Bertz CT molecular complexity index is 1320. The molecule has 0 radical (unpaired) electrons. The highest BCUT2D eigenvalue weighted by atomic mass is 35.5. The number of carbonyl (C=O) groups excluding carboxylic acids is 2. The Labute approximate surface area is 249 Å². The van der Waals surface area contributed by atoms with Crippen molar-refractivity contribution in [3.8, 4) is 0 Å². The van der Waals surface area contributed by atoms with Gasteiger partial charge in [0, 0.05) is 36.3 Å². The third-order valence-electron chi connectivity index (χ3n) is 9.00. The van der Waals surface area contributed by atoms with Crippen LogP contribution < -0.4 is 5.32 Å². The van der Waals surface area contributed by atoms with Crippen molar-refractivity contribution < 1.29 is 18.0 Å². The van der Waals surface area contributed by atoms with E-state index in [1.165, 1.54) is 6.26 Å². The van der Waals surface area contributed by atoms with Crippen LogP contribution in [0, 0.1) is 10.8 Å². The van der Waals surface area contributed by atoms with Crippen LogP contribution in [0.15, 0.2) is 53.4 Å². The van der Waals surface area contributed by atoms with Gasteiger partial charge in [-0.25, -0.2) is 8.42 Å². The van der Waals surface area contributed by atoms with Gasteiger partial charge in [-0.2, -0.15) is 0 Å². The molecule has 1 unspecified atom stereocenters. The number of hydrogen-bond donors (Lipinski definition) is 1. The van der Waals surface area contributed by atoms with Gasteiger partial charge in [-0.15, -0.1) is 12.4 Å². The summed E-state index contributed by atoms with van der Waals surface area (Å²) in [4.78, 5) is 30.9. The van der Waals surface area contributed by atoms with Crippen LogP contribution in [0.3, 0.4) is 0 Å². The Kier molecular flexibility index (Phi) is 9.25. The van der Waals surface area contributed by atoms with Crippen LogP contribution >= 0.6 is 24.0 Å². The van der Waals surface area contributed by atoms with Crippen LogP contribution in [-0.4, -0.2) is 62.5 Å². The van der Waals surface area contributed by atoms with E-state index < -0.39 is 9.84 Å². The van der Waals surface area contributed by atoms with E-state index >= 15 is 0 Å². The molecule has 40 heavy (non-hydrogen) atoms. The van der Waals surface area contributed by atoms with Crippen molar-refractivity contribution in [1.82, 2.24) is 15.1 Å². The van der Waals surface area contributed by atoms with Crippen molar-refractivity contribution in [3.63, 3.8) is 0 Å². The van der Waals surface area contributed by atoms with Gasteiger partial charge in [0.05, 0.1) is 16.4 Å². The number of carbonyl (C=O) groups is 2. The molecule has 2 amide bonds. The van der Waals surface area contributed by atoms with Crippen molar-refractivity contribution >= 4 is 45.7 Å². The number of likely N-dealkylation sites (tertiary alicyclic amines) is 2. The third-order valence-corrected chi connectivity index (χ3v) is 10.4. The maximum atomic E-state index is 13.5. The molecular formula is C30H39Cl2N3O4S. The molecular weight excluding hydrogens is 569 g/mol. The fraction of sp³-hybridized carbons (Fsp3) is 0.533. The standard InChI is InChI=1S/C30H38ClN3O4S.ClH/c1-29(12-13-29)27(35)32-26(23-5-7-24(31)8-6-23)11-17-33-18-14-30(15-19-33)16-20-34(28(30)36)21-22-3-9-25(10-4-22)39(2,37)38;/h3-10,26H,11-21H2,1-2H3,(H,32,35);1H. The number of benzene rings is 2. The number of sulfone groups is 1. The number of rotatable bonds is 9. The van der Waals surface area contributed by atoms with Crippen LogP contribution in [0.5, 0.6) is 0 Å². The normalized spacial score (nSPS) is 20.7. The van der Waals surface area contributed by atoms with E-state index in [9.17, 15) is 18.0 Å². The lowest BCUT2D eigenvalue weighted by Gasteiger charge is -2.38. The van der Waals surface area contributed by atoms with E-state index in [-0.39, 0.29) is 41.1 Å². The van der Waals surface area contributed by atoms with E-state index in [1.807, 2.05) is 36.1 Å². The summed E-state index contributed by atoms with van der Waals surface area (Å²) in [5.41, 5.74) is 1.48. The molecule has 0 bridgehead atoms. The van der Waals surface area contributed by atoms with Crippen molar-refractivity contribution in [2.45, 2.75) is 62.9 Å². The molecule has 5 rings (SSSR count). The van der Waals surface area contributed by atoms with Gasteiger partial charge in [0.25, 0.3) is 0 Å². The summed E-state index contributed by atoms with van der Waals surface area (Å²) in [7, 11) is -3.23. The van der Waals surface area contributed by atoms with Crippen molar-refractivity contribution in [1.29, 1.82) is 0 Å². The molecule has 2 aromatic rings. The summed E-state index contributed by atoms with van der Waals surface area (Å²) >= 11 is 6.10. The predicted octanol–water partition coefficient (Wildman–Crippen LogP) is 5.03. The molecule has 10 heteroatoms. The smallest absolute Gasteiger partial charge is 0.229 e. The van der Waals surface area contributed by atoms with E-state index in [2.05, 4.69) is 10.2 Å². The van der Waals surface area contributed by atoms with Gasteiger partial charge < -0.3 is 15.1 Å². The van der Waals surface area contributed by atoms with Crippen LogP contribution in [0.4, 0.5) is 0 Å². The Hall–Kier alpha value is -2.13. The van der Waals surface area contributed by atoms with Gasteiger partial charge in [0.1, 0.15) is 0 Å². The minimum atomic E-state index is -3.23. The first kappa shape index (κ1) is 30.8. The number of halogens is 2. The Balaban J connectivity index is 0.00000370. The molecule has 2 saturated heterocycles. The minimum Gasteiger partial charge on any atom is -0.349 e. The molecule has 1 aliphatic carbocycles. The number of nitrogens with zero attached hydrogens (tertiary/aromatic N) is 2. The summed E-state index contributed by atoms with van der Waals surface area (Å²) < 4.78 is 23.5. The van der Waals surface area contributed by atoms with Crippen LogP contribution in [0.2, 0.25) is 5.02 Å². The monoisotopic (exact) mass is 607 g/mol. The van der Waals surface area contributed by atoms with E-state index in [0.29, 0.717) is 16.5 Å². The average Bonchev–Trinajstić information content (AvgIpc) is 3.61. The molecule has 2 aliphatic heterocycles. The highest BCUT2D eigenvalue weighted by Gasteiger charge is 2.48. The van der Waals surface area contributed by atoms with E-state index in [4.69, 9.17) is 11.6 Å². The highest BCUT2D eigenvalue weighted by Crippen LogP contribution is 2.46. The number of hydrogen-bond acceptors (Lipinski definition) is 5. The van der Waals surface area contributed by atoms with E-state index in [0.717, 1.165) is 75.8 Å². The number of piperidine rings is 1. The Morgan fingerprint density at radius 2 is 1.57 bits per heavy atom. The molecule has 1 saturated carbocycles. The second-order valence-electron chi connectivity index (χ2n) is 11.9. The minimum absolute atomic E-state index is 0. The molecule has 3 aliphatic rings. The fourth-order valence-electron chi connectivity index (χ4n) is 5.85. The lowest BCUT2D eigenvalue weighted by molar-refractivity contribution is -0.139. The predicted molar refractivity (Wildman–Crippen MR) is 159 cm³/mol. The maximum Gasteiger partial charge on any atom is 0.229 e.